The highest BCUT2D eigenvalue weighted by Gasteiger charge is 2.08. The van der Waals surface area contributed by atoms with Gasteiger partial charge in [0.25, 0.3) is 0 Å². The average molecular weight is 389 g/mol. The van der Waals surface area contributed by atoms with Crippen LogP contribution in [0.2, 0.25) is 0 Å². The van der Waals surface area contributed by atoms with E-state index in [1.54, 1.807) is 0 Å². The summed E-state index contributed by atoms with van der Waals surface area (Å²) in [6.45, 7) is 8.40. The maximum absolute atomic E-state index is 2.47. The number of hydrogen-bond acceptors (Lipinski definition) is 0. The van der Waals surface area contributed by atoms with Gasteiger partial charge in [0.2, 0.25) is 0 Å². The number of rotatable bonds is 16. The predicted molar refractivity (Wildman–Crippen MR) is 127 cm³/mol. The van der Waals surface area contributed by atoms with E-state index in [1.165, 1.54) is 94.7 Å². The van der Waals surface area contributed by atoms with Gasteiger partial charge < -0.3 is 4.48 Å². The lowest BCUT2D eigenvalue weighted by Gasteiger charge is -2.23. The molecule has 0 aliphatic heterocycles. The molecular weight excluding hydrogens is 338 g/mol. The van der Waals surface area contributed by atoms with Gasteiger partial charge in [-0.15, -0.1) is 0 Å². The van der Waals surface area contributed by atoms with Gasteiger partial charge >= 0.3 is 0 Å². The Hall–Kier alpha value is -0.820. The maximum Gasteiger partial charge on any atom is 0.0780 e. The van der Waals surface area contributed by atoms with Crippen molar-refractivity contribution < 1.29 is 4.48 Å². The molecule has 1 rings (SSSR count). The highest BCUT2D eigenvalue weighted by Crippen LogP contribution is 2.21. The molecule has 0 saturated carbocycles. The van der Waals surface area contributed by atoms with E-state index in [9.17, 15) is 0 Å². The van der Waals surface area contributed by atoms with Crippen molar-refractivity contribution in [2.45, 2.75) is 97.8 Å². The number of aryl methyl sites for hydroxylation is 2. The van der Waals surface area contributed by atoms with Crippen LogP contribution in [0.3, 0.4) is 0 Å². The van der Waals surface area contributed by atoms with E-state index >= 15 is 0 Å². The Kier molecular flexibility index (Phi) is 12.8. The van der Waals surface area contributed by atoms with E-state index in [4.69, 9.17) is 0 Å². The zero-order valence-corrected chi connectivity index (χ0v) is 20.1. The number of benzene rings is 1. The molecule has 2 unspecified atom stereocenters. The summed E-state index contributed by atoms with van der Waals surface area (Å²) in [5.41, 5.74) is 2.87. The maximum atomic E-state index is 2.47. The van der Waals surface area contributed by atoms with Crippen LogP contribution in [-0.2, 0) is 6.42 Å². The summed E-state index contributed by atoms with van der Waals surface area (Å²) < 4.78 is 1.11. The lowest BCUT2D eigenvalue weighted by Crippen LogP contribution is -2.35. The molecular formula is C27H50N+. The third kappa shape index (κ3) is 14.2. The third-order valence-corrected chi connectivity index (χ3v) is 6.22. The summed E-state index contributed by atoms with van der Waals surface area (Å²) >= 11 is 0. The molecule has 1 nitrogen and oxygen atoms in total. The van der Waals surface area contributed by atoms with E-state index in [0.29, 0.717) is 0 Å². The number of hydrogen-bond donors (Lipinski definition) is 0. The van der Waals surface area contributed by atoms with E-state index < -0.39 is 0 Å². The molecule has 0 spiro atoms. The quantitative estimate of drug-likeness (QED) is 0.200. The highest BCUT2D eigenvalue weighted by molar-refractivity contribution is 5.21. The minimum Gasteiger partial charge on any atom is -0.331 e. The molecule has 2 atom stereocenters. The fourth-order valence-corrected chi connectivity index (χ4v) is 3.99. The molecule has 0 saturated heterocycles. The van der Waals surface area contributed by atoms with Crippen LogP contribution in [-0.4, -0.2) is 32.2 Å². The van der Waals surface area contributed by atoms with E-state index in [-0.39, 0.29) is 0 Å². The number of quaternary nitrogens is 1. The van der Waals surface area contributed by atoms with Crippen LogP contribution in [0.1, 0.15) is 95.6 Å². The minimum absolute atomic E-state index is 0.857. The zero-order chi connectivity index (χ0) is 20.8. The van der Waals surface area contributed by atoms with E-state index in [0.717, 1.165) is 16.3 Å². The van der Waals surface area contributed by atoms with Crippen LogP contribution < -0.4 is 0 Å². The average Bonchev–Trinajstić information content (AvgIpc) is 2.63. The second-order valence-electron chi connectivity index (χ2n) is 10.6. The Morgan fingerprint density at radius 2 is 1.14 bits per heavy atom. The molecule has 1 aromatic rings. The van der Waals surface area contributed by atoms with Crippen LogP contribution in [0.4, 0.5) is 0 Å². The highest BCUT2D eigenvalue weighted by atomic mass is 15.3. The summed E-state index contributed by atoms with van der Waals surface area (Å²) in [6, 6.07) is 9.09. The molecule has 0 aliphatic rings. The topological polar surface area (TPSA) is 0 Å². The van der Waals surface area contributed by atoms with Gasteiger partial charge in [-0.1, -0.05) is 95.0 Å². The molecule has 0 heterocycles. The molecule has 162 valence electrons. The van der Waals surface area contributed by atoms with Crippen molar-refractivity contribution >= 4 is 0 Å². The SMILES string of the molecule is Cc1ccc(CCC(C)CCC(C)CCCCCCCCC[N+](C)(C)C)cc1. The fourth-order valence-electron chi connectivity index (χ4n) is 3.99. The van der Waals surface area contributed by atoms with Gasteiger partial charge in [0.15, 0.2) is 0 Å². The first-order chi connectivity index (χ1) is 13.3. The Labute approximate surface area is 177 Å². The van der Waals surface area contributed by atoms with Gasteiger partial charge in [-0.05, 0) is 50.0 Å². The summed E-state index contributed by atoms with van der Waals surface area (Å²) in [6.07, 6.45) is 16.9. The molecule has 0 aromatic heterocycles. The van der Waals surface area contributed by atoms with Crippen LogP contribution >= 0.6 is 0 Å². The first kappa shape index (κ1) is 25.2. The smallest absolute Gasteiger partial charge is 0.0780 e. The summed E-state index contributed by atoms with van der Waals surface area (Å²) in [5, 5.41) is 0. The number of unbranched alkanes of at least 4 members (excludes halogenated alkanes) is 6. The monoisotopic (exact) mass is 388 g/mol. The second kappa shape index (κ2) is 14.2. The molecule has 0 N–H and O–H groups in total. The van der Waals surface area contributed by atoms with Crippen molar-refractivity contribution in [1.82, 2.24) is 0 Å². The van der Waals surface area contributed by atoms with Gasteiger partial charge in [0.1, 0.15) is 0 Å². The molecule has 0 fully saturated rings. The van der Waals surface area contributed by atoms with Crippen molar-refractivity contribution in [3.63, 3.8) is 0 Å². The van der Waals surface area contributed by atoms with Crippen molar-refractivity contribution in [2.24, 2.45) is 11.8 Å². The Bertz CT molecular complexity index is 482. The molecule has 0 amide bonds. The van der Waals surface area contributed by atoms with Gasteiger partial charge in [-0.3, -0.25) is 0 Å². The molecule has 28 heavy (non-hydrogen) atoms. The minimum atomic E-state index is 0.857. The van der Waals surface area contributed by atoms with Crippen LogP contribution in [0.15, 0.2) is 24.3 Å². The summed E-state index contributed by atoms with van der Waals surface area (Å²) in [5.74, 6) is 1.77. The number of nitrogens with zero attached hydrogens (tertiary/aromatic N) is 1. The fraction of sp³-hybridized carbons (Fsp3) is 0.778. The molecule has 1 aromatic carbocycles. The van der Waals surface area contributed by atoms with Crippen molar-refractivity contribution in [3.05, 3.63) is 35.4 Å². The standard InChI is InChI=1S/C27H50N/c1-24(14-12-10-8-7-9-11-13-23-28(4,5)6)15-16-25(2)17-20-27-21-18-26(3)19-22-27/h18-19,21-22,24-25H,7-17,20,23H2,1-6H3/q+1. The largest absolute Gasteiger partial charge is 0.331 e. The van der Waals surface area contributed by atoms with Crippen LogP contribution in [0.5, 0.6) is 0 Å². The van der Waals surface area contributed by atoms with Gasteiger partial charge in [-0.2, -0.15) is 0 Å². The van der Waals surface area contributed by atoms with Crippen molar-refractivity contribution in [1.29, 1.82) is 0 Å². The lowest BCUT2D eigenvalue weighted by atomic mass is 9.90. The van der Waals surface area contributed by atoms with Crippen LogP contribution in [0, 0.1) is 18.8 Å². The summed E-state index contributed by atoms with van der Waals surface area (Å²) in [4.78, 5) is 0. The first-order valence-corrected chi connectivity index (χ1v) is 12.1. The second-order valence-corrected chi connectivity index (χ2v) is 10.6. The Morgan fingerprint density at radius 3 is 1.71 bits per heavy atom. The molecule has 0 aliphatic carbocycles. The van der Waals surface area contributed by atoms with Gasteiger partial charge in [0, 0.05) is 0 Å². The third-order valence-electron chi connectivity index (χ3n) is 6.22. The molecule has 0 radical (unpaired) electrons. The first-order valence-electron chi connectivity index (χ1n) is 12.1. The van der Waals surface area contributed by atoms with Crippen LogP contribution in [0.25, 0.3) is 0 Å². The Balaban J connectivity index is 1.94. The summed E-state index contributed by atoms with van der Waals surface area (Å²) in [7, 11) is 6.89. The lowest BCUT2D eigenvalue weighted by molar-refractivity contribution is -0.870. The van der Waals surface area contributed by atoms with E-state index in [1.807, 2.05) is 0 Å². The van der Waals surface area contributed by atoms with E-state index in [2.05, 4.69) is 66.2 Å². The normalized spacial score (nSPS) is 14.2. The molecule has 1 heteroatoms. The molecule has 0 bridgehead atoms. The predicted octanol–water partition coefficient (Wildman–Crippen LogP) is 7.81. The van der Waals surface area contributed by atoms with Gasteiger partial charge in [-0.25, -0.2) is 0 Å². The van der Waals surface area contributed by atoms with Crippen molar-refractivity contribution in [3.8, 4) is 0 Å². The van der Waals surface area contributed by atoms with Gasteiger partial charge in [0.05, 0.1) is 27.7 Å². The Morgan fingerprint density at radius 1 is 0.643 bits per heavy atom. The van der Waals surface area contributed by atoms with Crippen molar-refractivity contribution in [2.75, 3.05) is 27.7 Å². The zero-order valence-electron chi connectivity index (χ0n) is 20.1.